The van der Waals surface area contributed by atoms with Gasteiger partial charge in [0.1, 0.15) is 40.2 Å². The number of pyridine rings is 1. The van der Waals surface area contributed by atoms with Crippen LogP contribution in [0.15, 0.2) is 73.1 Å². The van der Waals surface area contributed by atoms with Gasteiger partial charge in [-0.1, -0.05) is 59.6 Å². The summed E-state index contributed by atoms with van der Waals surface area (Å²) in [5.41, 5.74) is 2.16. The summed E-state index contributed by atoms with van der Waals surface area (Å²) in [6, 6.07) is 17.8. The van der Waals surface area contributed by atoms with Gasteiger partial charge in [0.25, 0.3) is 0 Å². The molecule has 12 heteroatoms. The average molecular weight is 714 g/mol. The van der Waals surface area contributed by atoms with Crippen LogP contribution in [0.3, 0.4) is 0 Å². The molecule has 0 bridgehead atoms. The minimum atomic E-state index is -0.736. The van der Waals surface area contributed by atoms with Gasteiger partial charge in [-0.15, -0.1) is 11.3 Å². The summed E-state index contributed by atoms with van der Waals surface area (Å²) in [5, 5.41) is 4.27. The van der Waals surface area contributed by atoms with Crippen LogP contribution in [0.25, 0.3) is 0 Å². The Morgan fingerprint density at radius 3 is 2.31 bits per heavy atom. The van der Waals surface area contributed by atoms with E-state index in [-0.39, 0.29) is 18.5 Å². The number of carbonyl (C=O) groups is 2. The topological polar surface area (TPSA) is 90.2 Å². The van der Waals surface area contributed by atoms with Crippen LogP contribution in [-0.4, -0.2) is 57.3 Å². The summed E-state index contributed by atoms with van der Waals surface area (Å²) < 4.78 is 24.8. The van der Waals surface area contributed by atoms with Gasteiger partial charge in [-0.25, -0.2) is 14.2 Å². The highest BCUT2D eigenvalue weighted by molar-refractivity contribution is 7.13. The van der Waals surface area contributed by atoms with E-state index in [0.29, 0.717) is 44.1 Å². The van der Waals surface area contributed by atoms with Gasteiger partial charge in [0.15, 0.2) is 23.9 Å². The lowest BCUT2D eigenvalue weighted by Crippen LogP contribution is -2.38. The Morgan fingerprint density at radius 1 is 0.958 bits per heavy atom. The highest BCUT2D eigenvalue weighted by atomic mass is 35.5. The lowest BCUT2D eigenvalue weighted by Gasteiger charge is -2.30. The van der Waals surface area contributed by atoms with Crippen molar-refractivity contribution >= 4 is 46.5 Å². The van der Waals surface area contributed by atoms with Crippen molar-refractivity contribution in [3.63, 3.8) is 0 Å². The molecule has 0 aliphatic carbocycles. The number of aromatic nitrogens is 1. The fourth-order valence-corrected chi connectivity index (χ4v) is 7.17. The molecule has 0 saturated carbocycles. The summed E-state index contributed by atoms with van der Waals surface area (Å²) in [7, 11) is 7.01. The number of nitrogens with zero attached hydrogens (tertiary/aromatic N) is 2. The molecule has 4 aromatic rings. The number of rotatable bonds is 13. The number of nitrogens with one attached hydrogen (secondary N) is 1. The number of esters is 2. The van der Waals surface area contributed by atoms with E-state index in [0.717, 1.165) is 36.4 Å². The van der Waals surface area contributed by atoms with Crippen LogP contribution in [0.2, 0.25) is 10.0 Å². The maximum atomic E-state index is 13.6. The monoisotopic (exact) mass is 712 g/mol. The van der Waals surface area contributed by atoms with Gasteiger partial charge in [-0.05, 0) is 55.3 Å². The summed E-state index contributed by atoms with van der Waals surface area (Å²) in [6.45, 7) is 2.14. The van der Waals surface area contributed by atoms with Crippen LogP contribution in [0.4, 0.5) is 0 Å². The number of methoxy groups -OCH3 is 2. The predicted molar refractivity (Wildman–Crippen MR) is 186 cm³/mol. The average Bonchev–Trinajstić information content (AvgIpc) is 3.56. The Balaban J connectivity index is 1.32. The van der Waals surface area contributed by atoms with Crippen molar-refractivity contribution in [3.05, 3.63) is 110 Å². The Morgan fingerprint density at radius 2 is 1.65 bits per heavy atom. The zero-order valence-corrected chi connectivity index (χ0v) is 29.7. The quantitative estimate of drug-likeness (QED) is 0.124. The van der Waals surface area contributed by atoms with Crippen LogP contribution in [0, 0.1) is 0 Å². The van der Waals surface area contributed by atoms with Crippen molar-refractivity contribution in [2.45, 2.75) is 44.1 Å². The second kappa shape index (κ2) is 16.6. The first-order chi connectivity index (χ1) is 23.1. The third-order valence-corrected chi connectivity index (χ3v) is 10.0. The number of hydrogen-bond acceptors (Lipinski definition) is 9. The Bertz CT molecular complexity index is 1690. The van der Waals surface area contributed by atoms with Gasteiger partial charge in [-0.2, -0.15) is 0 Å². The van der Waals surface area contributed by atoms with Crippen LogP contribution in [-0.2, 0) is 34.3 Å². The molecule has 1 fully saturated rings. The van der Waals surface area contributed by atoms with Crippen molar-refractivity contribution in [1.82, 2.24) is 10.2 Å². The summed E-state index contributed by atoms with van der Waals surface area (Å²) in [5.74, 6) is 0.241. The van der Waals surface area contributed by atoms with Crippen molar-refractivity contribution in [2.75, 3.05) is 34.4 Å². The number of piperidine rings is 1. The number of halogens is 2. The highest BCUT2D eigenvalue weighted by Gasteiger charge is 2.28. The zero-order chi connectivity index (χ0) is 34.2. The maximum absolute atomic E-state index is 13.6. The lowest BCUT2D eigenvalue weighted by molar-refractivity contribution is -0.671. The number of aryl methyl sites for hydroxylation is 1. The molecule has 3 heterocycles. The molecule has 1 N–H and O–H groups in total. The van der Waals surface area contributed by atoms with E-state index in [1.54, 1.807) is 49.4 Å². The Hall–Kier alpha value is -3.67. The number of thiophene rings is 1. The molecule has 1 unspecified atom stereocenters. The van der Waals surface area contributed by atoms with E-state index in [1.165, 1.54) is 11.3 Å². The fraction of sp³-hybridized carbons (Fsp3) is 0.361. The van der Waals surface area contributed by atoms with E-state index >= 15 is 0 Å². The van der Waals surface area contributed by atoms with Crippen LogP contribution >= 0.6 is 34.5 Å². The van der Waals surface area contributed by atoms with Gasteiger partial charge >= 0.3 is 11.9 Å². The first-order valence-electron chi connectivity index (χ1n) is 15.7. The van der Waals surface area contributed by atoms with Crippen LogP contribution in [0.1, 0.15) is 56.2 Å². The standard InChI is InChI=1S/C36H40Cl2N3O6S/c1-40-16-14-25(15-17-40)46-36(43)34(23-8-6-5-7-9-23)39-20-26-11-13-33(48-26)35(42)47-31(19-27-28(37)21-41(2)22-29(27)38)24-10-12-30(44-3)32(18-24)45-4/h5-13,18,21-22,25,31,34,39H,14-17,19-20H2,1-4H3/q+1/t31-,34?/m0/s1. The zero-order valence-electron chi connectivity index (χ0n) is 27.4. The number of carbonyl (C=O) groups excluding carboxylic acids is 2. The van der Waals surface area contributed by atoms with E-state index in [2.05, 4.69) is 17.3 Å². The number of benzene rings is 2. The maximum Gasteiger partial charge on any atom is 0.348 e. The molecule has 0 spiro atoms. The molecule has 2 aromatic heterocycles. The van der Waals surface area contributed by atoms with E-state index in [4.69, 9.17) is 42.1 Å². The molecule has 1 saturated heterocycles. The molecule has 9 nitrogen and oxygen atoms in total. The second-order valence-electron chi connectivity index (χ2n) is 11.7. The van der Waals surface area contributed by atoms with Crippen molar-refractivity contribution in [3.8, 4) is 11.5 Å². The van der Waals surface area contributed by atoms with Crippen molar-refractivity contribution in [2.24, 2.45) is 7.05 Å². The van der Waals surface area contributed by atoms with Gasteiger partial charge in [0.05, 0.1) is 14.2 Å². The highest BCUT2D eigenvalue weighted by Crippen LogP contribution is 2.36. The molecular formula is C36H40Cl2N3O6S+. The summed E-state index contributed by atoms with van der Waals surface area (Å²) in [6.07, 6.45) is 4.52. The predicted octanol–water partition coefficient (Wildman–Crippen LogP) is 6.51. The molecule has 0 radical (unpaired) electrons. The molecule has 2 atom stereocenters. The van der Waals surface area contributed by atoms with E-state index in [9.17, 15) is 9.59 Å². The lowest BCUT2D eigenvalue weighted by atomic mass is 10.0. The van der Waals surface area contributed by atoms with Crippen molar-refractivity contribution < 1.29 is 33.1 Å². The second-order valence-corrected chi connectivity index (χ2v) is 13.7. The first kappa shape index (κ1) is 35.6. The molecule has 0 amide bonds. The third-order valence-electron chi connectivity index (χ3n) is 8.29. The third kappa shape index (κ3) is 9.06. The Labute approximate surface area is 295 Å². The number of hydrogen-bond donors (Lipinski definition) is 1. The molecule has 254 valence electrons. The number of ether oxygens (including phenoxy) is 4. The molecule has 1 aliphatic rings. The normalized spacial score (nSPS) is 15.0. The fourth-order valence-electron chi connectivity index (χ4n) is 5.62. The van der Waals surface area contributed by atoms with Gasteiger partial charge in [0, 0.05) is 36.5 Å². The van der Waals surface area contributed by atoms with Crippen LogP contribution in [0.5, 0.6) is 11.5 Å². The van der Waals surface area contributed by atoms with Gasteiger partial charge < -0.3 is 23.8 Å². The van der Waals surface area contributed by atoms with E-state index in [1.807, 2.05) is 49.5 Å². The summed E-state index contributed by atoms with van der Waals surface area (Å²) >= 11 is 14.5. The minimum Gasteiger partial charge on any atom is -0.493 e. The van der Waals surface area contributed by atoms with Crippen molar-refractivity contribution in [1.29, 1.82) is 0 Å². The smallest absolute Gasteiger partial charge is 0.348 e. The SMILES string of the molecule is COc1ccc([C@H](Cc2c(Cl)c[n+](C)cc2Cl)OC(=O)c2ccc(CNC(C(=O)OC3CCN(C)CC3)c3ccccc3)s2)cc1OC. The van der Waals surface area contributed by atoms with Gasteiger partial charge in [0.2, 0.25) is 0 Å². The van der Waals surface area contributed by atoms with E-state index < -0.39 is 18.1 Å². The number of likely N-dealkylation sites (tertiary alicyclic amines) is 1. The van der Waals surface area contributed by atoms with Gasteiger partial charge in [-0.3, -0.25) is 5.32 Å². The summed E-state index contributed by atoms with van der Waals surface area (Å²) in [4.78, 5) is 30.5. The molecule has 1 aliphatic heterocycles. The molecule has 48 heavy (non-hydrogen) atoms. The molecular weight excluding hydrogens is 673 g/mol. The largest absolute Gasteiger partial charge is 0.493 e. The van der Waals surface area contributed by atoms with Crippen LogP contribution < -0.4 is 19.4 Å². The molecule has 5 rings (SSSR count). The first-order valence-corrected chi connectivity index (χ1v) is 17.2. The minimum absolute atomic E-state index is 0.105. The Kier molecular flexibility index (Phi) is 12.3. The molecule has 2 aromatic carbocycles.